The lowest BCUT2D eigenvalue weighted by molar-refractivity contribution is -0.175. The highest BCUT2D eigenvalue weighted by atomic mass is 16.6. The minimum Gasteiger partial charge on any atom is -0.463 e. The molecular weight excluding hydrogens is 306 g/mol. The van der Waals surface area contributed by atoms with Gasteiger partial charge in [-0.1, -0.05) is 50.3 Å². The summed E-state index contributed by atoms with van der Waals surface area (Å²) in [5.74, 6) is -0.624. The van der Waals surface area contributed by atoms with Crippen molar-refractivity contribution < 1.29 is 19.1 Å². The molecule has 2 aliphatic rings. The number of benzene rings is 1. The van der Waals surface area contributed by atoms with Gasteiger partial charge in [0, 0.05) is 6.54 Å². The second-order valence-electron chi connectivity index (χ2n) is 6.48. The monoisotopic (exact) mass is 329 g/mol. The van der Waals surface area contributed by atoms with Crippen molar-refractivity contribution in [3.05, 3.63) is 47.5 Å². The van der Waals surface area contributed by atoms with Gasteiger partial charge < -0.3 is 9.47 Å². The summed E-state index contributed by atoms with van der Waals surface area (Å²) in [4.78, 5) is 26.8. The van der Waals surface area contributed by atoms with E-state index < -0.39 is 12.0 Å². The molecule has 2 aliphatic heterocycles. The minimum absolute atomic E-state index is 0.0722. The highest BCUT2D eigenvalue weighted by molar-refractivity contribution is 5.99. The average Bonchev–Trinajstić information content (AvgIpc) is 3.01. The number of cyclic esters (lactones) is 1. The topological polar surface area (TPSA) is 55.8 Å². The standard InChI is InChI=1S/C19H23NO4/c1-4-23-18(21)14-10-11-20-15(13-8-6-5-7-9-13)17(12(2)3)24-19(22)16(14)20/h5-10,12,15-17H,4,11H2,1-3H3/t15-,16-,17+/m1/s1. The maximum Gasteiger partial charge on any atom is 0.335 e. The Hall–Kier alpha value is -2.14. The molecule has 3 rings (SSSR count). The number of hydrogen-bond donors (Lipinski definition) is 0. The molecule has 0 aromatic heterocycles. The fraction of sp³-hybridized carbons (Fsp3) is 0.474. The number of carbonyl (C=O) groups is 2. The zero-order valence-electron chi connectivity index (χ0n) is 14.3. The Labute approximate surface area is 142 Å². The molecule has 5 heteroatoms. The predicted octanol–water partition coefficient (Wildman–Crippen LogP) is 2.48. The summed E-state index contributed by atoms with van der Waals surface area (Å²) < 4.78 is 10.9. The van der Waals surface area contributed by atoms with Gasteiger partial charge in [-0.15, -0.1) is 0 Å². The molecule has 0 unspecified atom stereocenters. The third-order valence-electron chi connectivity index (χ3n) is 4.60. The van der Waals surface area contributed by atoms with E-state index in [0.717, 1.165) is 5.56 Å². The number of hydrogen-bond acceptors (Lipinski definition) is 5. The quantitative estimate of drug-likeness (QED) is 0.794. The zero-order chi connectivity index (χ0) is 17.3. The molecule has 0 aliphatic carbocycles. The van der Waals surface area contributed by atoms with E-state index in [1.165, 1.54) is 0 Å². The number of esters is 2. The van der Waals surface area contributed by atoms with Crippen LogP contribution in [0, 0.1) is 5.92 Å². The van der Waals surface area contributed by atoms with E-state index >= 15 is 0 Å². The summed E-state index contributed by atoms with van der Waals surface area (Å²) in [6.07, 6.45) is 1.55. The third-order valence-corrected chi connectivity index (χ3v) is 4.60. The summed E-state index contributed by atoms with van der Waals surface area (Å²) in [7, 11) is 0. The Bertz CT molecular complexity index is 653. The Kier molecular flexibility index (Phi) is 4.71. The molecule has 0 bridgehead atoms. The Morgan fingerprint density at radius 2 is 2.04 bits per heavy atom. The van der Waals surface area contributed by atoms with Gasteiger partial charge >= 0.3 is 11.9 Å². The fourth-order valence-corrected chi connectivity index (χ4v) is 3.53. The molecule has 2 heterocycles. The van der Waals surface area contributed by atoms with Crippen LogP contribution in [0.1, 0.15) is 32.4 Å². The summed E-state index contributed by atoms with van der Waals surface area (Å²) in [5.41, 5.74) is 1.48. The third kappa shape index (κ3) is 2.84. The van der Waals surface area contributed by atoms with E-state index in [1.54, 1.807) is 13.0 Å². The smallest absolute Gasteiger partial charge is 0.335 e. The molecule has 1 fully saturated rings. The lowest BCUT2D eigenvalue weighted by atomic mass is 9.89. The molecule has 1 aromatic carbocycles. The Morgan fingerprint density at radius 3 is 2.67 bits per heavy atom. The van der Waals surface area contributed by atoms with Gasteiger partial charge in [-0.2, -0.15) is 0 Å². The SMILES string of the molecule is CCOC(=O)C1=CCN2[C@H]1C(=O)O[C@@H](C(C)C)[C@H]2c1ccccc1. The number of rotatable bonds is 4. The second-order valence-corrected chi connectivity index (χ2v) is 6.48. The summed E-state index contributed by atoms with van der Waals surface area (Å²) in [6.45, 7) is 6.67. The number of nitrogens with zero attached hydrogens (tertiary/aromatic N) is 1. The van der Waals surface area contributed by atoms with Gasteiger partial charge in [0.2, 0.25) is 0 Å². The number of morpholine rings is 1. The summed E-state index contributed by atoms with van der Waals surface area (Å²) >= 11 is 0. The fourth-order valence-electron chi connectivity index (χ4n) is 3.53. The van der Waals surface area contributed by atoms with Crippen LogP contribution < -0.4 is 0 Å². The first kappa shape index (κ1) is 16.7. The van der Waals surface area contributed by atoms with Crippen LogP contribution in [0.2, 0.25) is 0 Å². The molecule has 0 spiro atoms. The summed E-state index contributed by atoms with van der Waals surface area (Å²) in [5, 5.41) is 0. The highest BCUT2D eigenvalue weighted by Gasteiger charge is 2.50. The Balaban J connectivity index is 1.96. The molecule has 0 N–H and O–H groups in total. The van der Waals surface area contributed by atoms with Gasteiger partial charge in [0.05, 0.1) is 18.2 Å². The van der Waals surface area contributed by atoms with Crippen molar-refractivity contribution in [2.24, 2.45) is 5.92 Å². The van der Waals surface area contributed by atoms with Gasteiger partial charge in [0.25, 0.3) is 0 Å². The molecule has 1 aromatic rings. The van der Waals surface area contributed by atoms with Crippen LogP contribution in [0.4, 0.5) is 0 Å². The van der Waals surface area contributed by atoms with Crippen molar-refractivity contribution in [3.8, 4) is 0 Å². The average molecular weight is 329 g/mol. The molecule has 3 atom stereocenters. The molecule has 0 amide bonds. The van der Waals surface area contributed by atoms with E-state index in [1.807, 2.05) is 44.2 Å². The first-order valence-corrected chi connectivity index (χ1v) is 8.43. The highest BCUT2D eigenvalue weighted by Crippen LogP contribution is 2.40. The van der Waals surface area contributed by atoms with Gasteiger partial charge in [0.15, 0.2) is 0 Å². The molecular formula is C19H23NO4. The van der Waals surface area contributed by atoms with Crippen molar-refractivity contribution in [1.29, 1.82) is 0 Å². The van der Waals surface area contributed by atoms with Crippen LogP contribution in [0.3, 0.4) is 0 Å². The van der Waals surface area contributed by atoms with Crippen LogP contribution in [0.5, 0.6) is 0 Å². The van der Waals surface area contributed by atoms with Gasteiger partial charge in [-0.25, -0.2) is 9.59 Å². The van der Waals surface area contributed by atoms with Crippen molar-refractivity contribution in [2.45, 2.75) is 39.0 Å². The van der Waals surface area contributed by atoms with Gasteiger partial charge in [0.1, 0.15) is 12.1 Å². The summed E-state index contributed by atoms with van der Waals surface area (Å²) in [6, 6.07) is 9.26. The van der Waals surface area contributed by atoms with Crippen LogP contribution in [-0.2, 0) is 19.1 Å². The van der Waals surface area contributed by atoms with Gasteiger partial charge in [-0.05, 0) is 18.4 Å². The van der Waals surface area contributed by atoms with E-state index in [2.05, 4.69) is 4.90 Å². The maximum absolute atomic E-state index is 12.6. The zero-order valence-corrected chi connectivity index (χ0v) is 14.3. The minimum atomic E-state index is -0.677. The van der Waals surface area contributed by atoms with E-state index in [0.29, 0.717) is 12.1 Å². The van der Waals surface area contributed by atoms with E-state index in [9.17, 15) is 9.59 Å². The van der Waals surface area contributed by atoms with Crippen molar-refractivity contribution >= 4 is 11.9 Å². The molecule has 0 radical (unpaired) electrons. The lowest BCUT2D eigenvalue weighted by Gasteiger charge is -2.44. The maximum atomic E-state index is 12.6. The van der Waals surface area contributed by atoms with Crippen LogP contribution in [0.25, 0.3) is 0 Å². The predicted molar refractivity (Wildman–Crippen MR) is 89.1 cm³/mol. The molecule has 128 valence electrons. The van der Waals surface area contributed by atoms with Crippen LogP contribution in [-0.4, -0.2) is 42.1 Å². The molecule has 5 nitrogen and oxygen atoms in total. The first-order valence-electron chi connectivity index (χ1n) is 8.43. The molecule has 0 saturated carbocycles. The second kappa shape index (κ2) is 6.77. The first-order chi connectivity index (χ1) is 11.5. The lowest BCUT2D eigenvalue weighted by Crippen LogP contribution is -2.54. The van der Waals surface area contributed by atoms with Crippen LogP contribution in [0.15, 0.2) is 42.0 Å². The van der Waals surface area contributed by atoms with E-state index in [-0.39, 0.29) is 30.6 Å². The normalized spacial score (nSPS) is 26.8. The van der Waals surface area contributed by atoms with E-state index in [4.69, 9.17) is 9.47 Å². The number of carbonyl (C=O) groups excluding carboxylic acids is 2. The van der Waals surface area contributed by atoms with Crippen molar-refractivity contribution in [2.75, 3.05) is 13.2 Å². The number of fused-ring (bicyclic) bond motifs is 1. The van der Waals surface area contributed by atoms with Crippen LogP contribution >= 0.6 is 0 Å². The number of ether oxygens (including phenoxy) is 2. The molecule has 1 saturated heterocycles. The van der Waals surface area contributed by atoms with Gasteiger partial charge in [-0.3, -0.25) is 4.90 Å². The Morgan fingerprint density at radius 1 is 1.33 bits per heavy atom. The van der Waals surface area contributed by atoms with Crippen molar-refractivity contribution in [3.63, 3.8) is 0 Å². The molecule has 24 heavy (non-hydrogen) atoms. The largest absolute Gasteiger partial charge is 0.463 e. The van der Waals surface area contributed by atoms with Crippen molar-refractivity contribution in [1.82, 2.24) is 4.90 Å².